The van der Waals surface area contributed by atoms with Crippen LogP contribution in [0.4, 0.5) is 5.69 Å². The van der Waals surface area contributed by atoms with Crippen LogP contribution >= 0.6 is 27.3 Å². The van der Waals surface area contributed by atoms with Gasteiger partial charge in [0.05, 0.1) is 26.9 Å². The first-order valence-corrected chi connectivity index (χ1v) is 9.33. The fourth-order valence-corrected chi connectivity index (χ4v) is 3.48. The maximum Gasteiger partial charge on any atom is 0.224 e. The van der Waals surface area contributed by atoms with Gasteiger partial charge in [-0.25, -0.2) is 4.68 Å². The molecule has 0 bridgehead atoms. The van der Waals surface area contributed by atoms with Crippen LogP contribution in [0.25, 0.3) is 5.69 Å². The van der Waals surface area contributed by atoms with Crippen molar-refractivity contribution in [1.29, 1.82) is 0 Å². The third-order valence-electron chi connectivity index (χ3n) is 3.57. The van der Waals surface area contributed by atoms with Gasteiger partial charge in [-0.2, -0.15) is 5.10 Å². The molecular weight excluding hydrogens is 402 g/mol. The van der Waals surface area contributed by atoms with Crippen LogP contribution in [0.5, 0.6) is 0 Å². The predicted molar refractivity (Wildman–Crippen MR) is 103 cm³/mol. The molecule has 7 heteroatoms. The van der Waals surface area contributed by atoms with Crippen molar-refractivity contribution in [3.05, 3.63) is 63.0 Å². The minimum absolute atomic E-state index is 0.00228. The molecule has 0 atom stereocenters. The van der Waals surface area contributed by atoms with Crippen molar-refractivity contribution in [2.24, 2.45) is 0 Å². The Balaban J connectivity index is 1.64. The Labute approximate surface area is 157 Å². The maximum atomic E-state index is 12.2. The number of carbonyl (C=O) groups excluding carboxylic acids is 2. The van der Waals surface area contributed by atoms with Crippen LogP contribution in [0.3, 0.4) is 0 Å². The lowest BCUT2D eigenvalue weighted by Crippen LogP contribution is -2.15. The molecule has 3 aromatic rings. The van der Waals surface area contributed by atoms with E-state index in [-0.39, 0.29) is 24.5 Å². The van der Waals surface area contributed by atoms with Crippen LogP contribution in [0.1, 0.15) is 27.4 Å². The number of ketones is 1. The zero-order valence-electron chi connectivity index (χ0n) is 13.5. The van der Waals surface area contributed by atoms with Crippen molar-refractivity contribution >= 4 is 44.6 Å². The highest BCUT2D eigenvalue weighted by atomic mass is 79.9. The number of benzene rings is 1. The molecule has 0 fully saturated rings. The summed E-state index contributed by atoms with van der Waals surface area (Å²) in [5, 5.41) is 7.10. The van der Waals surface area contributed by atoms with E-state index in [4.69, 9.17) is 0 Å². The highest BCUT2D eigenvalue weighted by Crippen LogP contribution is 2.22. The number of nitrogens with one attached hydrogen (secondary N) is 1. The highest BCUT2D eigenvalue weighted by Gasteiger charge is 2.13. The number of aryl methyl sites for hydroxylation is 1. The number of carbonyl (C=O) groups is 2. The SMILES string of the molecule is Cc1ccc(C(=O)CCC(=O)Nc2ccccc2-n2cc(Br)cn2)s1. The first-order chi connectivity index (χ1) is 12.0. The lowest BCUT2D eigenvalue weighted by molar-refractivity contribution is -0.116. The number of para-hydroxylation sites is 2. The molecule has 1 amide bonds. The summed E-state index contributed by atoms with van der Waals surface area (Å²) in [6.07, 6.45) is 3.84. The molecule has 0 saturated heterocycles. The number of anilines is 1. The largest absolute Gasteiger partial charge is 0.324 e. The molecule has 0 radical (unpaired) electrons. The summed E-state index contributed by atoms with van der Waals surface area (Å²) < 4.78 is 2.53. The molecule has 3 rings (SSSR count). The van der Waals surface area contributed by atoms with Crippen LogP contribution in [-0.2, 0) is 4.79 Å². The molecule has 0 aliphatic rings. The molecule has 1 N–H and O–H groups in total. The first-order valence-electron chi connectivity index (χ1n) is 7.72. The third-order valence-corrected chi connectivity index (χ3v) is 5.02. The second kappa shape index (κ2) is 7.76. The summed E-state index contributed by atoms with van der Waals surface area (Å²) in [6.45, 7) is 1.96. The minimum Gasteiger partial charge on any atom is -0.324 e. The van der Waals surface area contributed by atoms with Gasteiger partial charge in [0, 0.05) is 23.9 Å². The quantitative estimate of drug-likeness (QED) is 0.595. The Morgan fingerprint density at radius 3 is 2.68 bits per heavy atom. The lowest BCUT2D eigenvalue weighted by atomic mass is 10.2. The number of hydrogen-bond donors (Lipinski definition) is 1. The summed E-state index contributed by atoms with van der Waals surface area (Å²) in [7, 11) is 0. The number of Topliss-reactive ketones (excluding diaryl/α,β-unsaturated/α-hetero) is 1. The highest BCUT2D eigenvalue weighted by molar-refractivity contribution is 9.10. The minimum atomic E-state index is -0.194. The Kier molecular flexibility index (Phi) is 5.45. The van der Waals surface area contributed by atoms with E-state index >= 15 is 0 Å². The van der Waals surface area contributed by atoms with E-state index in [9.17, 15) is 9.59 Å². The van der Waals surface area contributed by atoms with Gasteiger partial charge in [-0.15, -0.1) is 11.3 Å². The van der Waals surface area contributed by atoms with Crippen LogP contribution in [0, 0.1) is 6.92 Å². The standard InChI is InChI=1S/C18H16BrN3O2S/c1-12-6-8-17(25-12)16(23)7-9-18(24)21-14-4-2-3-5-15(14)22-11-13(19)10-20-22/h2-6,8,10-11H,7,9H2,1H3,(H,21,24). The van der Waals surface area contributed by atoms with Gasteiger partial charge < -0.3 is 5.32 Å². The summed E-state index contributed by atoms with van der Waals surface area (Å²) in [5.74, 6) is -0.196. The van der Waals surface area contributed by atoms with Crippen molar-refractivity contribution in [2.45, 2.75) is 19.8 Å². The fraction of sp³-hybridized carbons (Fsp3) is 0.167. The zero-order chi connectivity index (χ0) is 17.8. The summed E-state index contributed by atoms with van der Waals surface area (Å²) in [6, 6.07) is 11.1. The molecule has 0 unspecified atom stereocenters. The normalized spacial score (nSPS) is 10.6. The Morgan fingerprint density at radius 1 is 1.20 bits per heavy atom. The smallest absolute Gasteiger partial charge is 0.224 e. The van der Waals surface area contributed by atoms with Crippen molar-refractivity contribution in [3.63, 3.8) is 0 Å². The average Bonchev–Trinajstić information content (AvgIpc) is 3.22. The van der Waals surface area contributed by atoms with E-state index in [2.05, 4.69) is 26.3 Å². The van der Waals surface area contributed by atoms with Crippen LogP contribution in [0.2, 0.25) is 0 Å². The maximum absolute atomic E-state index is 12.2. The van der Waals surface area contributed by atoms with Crippen molar-refractivity contribution in [1.82, 2.24) is 9.78 Å². The van der Waals surface area contributed by atoms with E-state index in [1.54, 1.807) is 10.9 Å². The van der Waals surface area contributed by atoms with E-state index in [1.165, 1.54) is 11.3 Å². The van der Waals surface area contributed by atoms with Gasteiger partial charge in [-0.3, -0.25) is 9.59 Å². The van der Waals surface area contributed by atoms with Gasteiger partial charge in [0.2, 0.25) is 5.91 Å². The Hall–Kier alpha value is -2.25. The average molecular weight is 418 g/mol. The number of hydrogen-bond acceptors (Lipinski definition) is 4. The third kappa shape index (κ3) is 4.43. The molecule has 2 heterocycles. The molecule has 2 aromatic heterocycles. The molecule has 25 heavy (non-hydrogen) atoms. The number of rotatable bonds is 6. The van der Waals surface area contributed by atoms with Gasteiger partial charge in [-0.1, -0.05) is 12.1 Å². The molecule has 0 saturated carbocycles. The van der Waals surface area contributed by atoms with E-state index in [1.807, 2.05) is 49.5 Å². The predicted octanol–water partition coefficient (Wildman–Crippen LogP) is 4.61. The number of halogens is 1. The van der Waals surface area contributed by atoms with Crippen molar-refractivity contribution in [2.75, 3.05) is 5.32 Å². The molecule has 5 nitrogen and oxygen atoms in total. The summed E-state index contributed by atoms with van der Waals surface area (Å²) in [4.78, 5) is 26.2. The van der Waals surface area contributed by atoms with E-state index < -0.39 is 0 Å². The van der Waals surface area contributed by atoms with Gasteiger partial charge in [0.15, 0.2) is 5.78 Å². The molecule has 0 spiro atoms. The monoisotopic (exact) mass is 417 g/mol. The summed E-state index contributed by atoms with van der Waals surface area (Å²) in [5.41, 5.74) is 1.42. The number of thiophene rings is 1. The van der Waals surface area contributed by atoms with Crippen LogP contribution < -0.4 is 5.32 Å². The van der Waals surface area contributed by atoms with E-state index in [0.29, 0.717) is 10.6 Å². The van der Waals surface area contributed by atoms with Gasteiger partial charge in [-0.05, 0) is 47.1 Å². The fourth-order valence-electron chi connectivity index (χ4n) is 2.36. The molecule has 0 aliphatic carbocycles. The van der Waals surface area contributed by atoms with Gasteiger partial charge in [0.1, 0.15) is 0 Å². The molecule has 0 aliphatic heterocycles. The van der Waals surface area contributed by atoms with Crippen LogP contribution in [-0.4, -0.2) is 21.5 Å². The van der Waals surface area contributed by atoms with Crippen molar-refractivity contribution < 1.29 is 9.59 Å². The molecule has 1 aromatic carbocycles. The van der Waals surface area contributed by atoms with Crippen LogP contribution in [0.15, 0.2) is 53.3 Å². The van der Waals surface area contributed by atoms with Gasteiger partial charge in [0.25, 0.3) is 0 Å². The number of amides is 1. The topological polar surface area (TPSA) is 64.0 Å². The molecular formula is C18H16BrN3O2S. The zero-order valence-corrected chi connectivity index (χ0v) is 15.9. The summed E-state index contributed by atoms with van der Waals surface area (Å²) >= 11 is 4.82. The second-order valence-corrected chi connectivity index (χ2v) is 7.71. The van der Waals surface area contributed by atoms with E-state index in [0.717, 1.165) is 15.0 Å². The number of aromatic nitrogens is 2. The Morgan fingerprint density at radius 2 is 2.00 bits per heavy atom. The molecule has 128 valence electrons. The van der Waals surface area contributed by atoms with Crippen molar-refractivity contribution in [3.8, 4) is 5.69 Å². The lowest BCUT2D eigenvalue weighted by Gasteiger charge is -2.10. The first kappa shape index (κ1) is 17.6. The number of nitrogens with zero attached hydrogens (tertiary/aromatic N) is 2. The Bertz CT molecular complexity index is 916. The second-order valence-electron chi connectivity index (χ2n) is 5.50. The van der Waals surface area contributed by atoms with Gasteiger partial charge >= 0.3 is 0 Å².